The lowest BCUT2D eigenvalue weighted by Crippen LogP contribution is -2.37. The van der Waals surface area contributed by atoms with Crippen LogP contribution in [0.1, 0.15) is 38.8 Å². The Kier molecular flexibility index (Phi) is 10.1. The second-order valence-electron chi connectivity index (χ2n) is 9.85. The number of carbonyl (C=O) groups is 2. The van der Waals surface area contributed by atoms with Crippen LogP contribution in [-0.4, -0.2) is 50.7 Å². The fraction of sp³-hybridized carbons (Fsp3) is 0.333. The van der Waals surface area contributed by atoms with Crippen LogP contribution in [0.2, 0.25) is 0 Å². The Bertz CT molecular complexity index is 1330. The molecule has 39 heavy (non-hydrogen) atoms. The van der Waals surface area contributed by atoms with Gasteiger partial charge in [0.15, 0.2) is 6.61 Å². The summed E-state index contributed by atoms with van der Waals surface area (Å²) in [5.74, 6) is -0.133. The van der Waals surface area contributed by atoms with Crippen molar-refractivity contribution in [2.24, 2.45) is 0 Å². The average molecular weight is 554 g/mol. The number of sulfone groups is 1. The molecule has 9 heteroatoms. The average Bonchev–Trinajstić information content (AvgIpc) is 2.90. The van der Waals surface area contributed by atoms with Gasteiger partial charge in [0, 0.05) is 13.1 Å². The topological polar surface area (TPSA) is 99.2 Å². The van der Waals surface area contributed by atoms with Crippen molar-refractivity contribution in [1.82, 2.24) is 4.90 Å². The van der Waals surface area contributed by atoms with Gasteiger partial charge in [-0.05, 0) is 81.6 Å². The van der Waals surface area contributed by atoms with E-state index in [1.165, 1.54) is 24.3 Å². The van der Waals surface area contributed by atoms with Crippen LogP contribution in [0.25, 0.3) is 0 Å². The van der Waals surface area contributed by atoms with E-state index in [0.717, 1.165) is 11.1 Å². The molecule has 0 N–H and O–H groups in total. The molecule has 0 aromatic heterocycles. The summed E-state index contributed by atoms with van der Waals surface area (Å²) in [5.41, 5.74) is 1.26. The number of hydrogen-bond donors (Lipinski definition) is 0. The van der Waals surface area contributed by atoms with Crippen LogP contribution in [-0.2, 0) is 37.1 Å². The molecule has 0 spiro atoms. The Balaban J connectivity index is 1.66. The number of ether oxygens (including phenoxy) is 3. The van der Waals surface area contributed by atoms with Gasteiger partial charge in [-0.1, -0.05) is 42.5 Å². The fourth-order valence-electron chi connectivity index (χ4n) is 3.66. The zero-order valence-corrected chi connectivity index (χ0v) is 23.6. The maximum Gasteiger partial charge on any atom is 0.410 e. The first-order valence-electron chi connectivity index (χ1n) is 12.7. The first-order valence-corrected chi connectivity index (χ1v) is 14.2. The van der Waals surface area contributed by atoms with Crippen LogP contribution in [0, 0.1) is 0 Å². The third-order valence-corrected chi connectivity index (χ3v) is 7.35. The molecule has 3 aromatic rings. The van der Waals surface area contributed by atoms with Crippen LogP contribution in [0.3, 0.4) is 0 Å². The summed E-state index contributed by atoms with van der Waals surface area (Å²) in [6.07, 6.45) is 0.124. The predicted molar refractivity (Wildman–Crippen MR) is 147 cm³/mol. The highest BCUT2D eigenvalue weighted by molar-refractivity contribution is 7.91. The van der Waals surface area contributed by atoms with Crippen LogP contribution in [0.5, 0.6) is 5.75 Å². The molecule has 3 aromatic carbocycles. The Hall–Kier alpha value is -3.85. The molecule has 0 radical (unpaired) electrons. The molecule has 8 nitrogen and oxygen atoms in total. The summed E-state index contributed by atoms with van der Waals surface area (Å²) in [5, 5.41) is 0. The lowest BCUT2D eigenvalue weighted by atomic mass is 10.1. The van der Waals surface area contributed by atoms with E-state index in [-0.39, 0.29) is 23.0 Å². The van der Waals surface area contributed by atoms with Crippen molar-refractivity contribution in [2.75, 3.05) is 19.8 Å². The number of rotatable bonds is 11. The maximum atomic E-state index is 13.1. The molecule has 0 fully saturated rings. The quantitative estimate of drug-likeness (QED) is 0.292. The smallest absolute Gasteiger partial charge is 0.410 e. The maximum absolute atomic E-state index is 13.1. The number of carbonyl (C=O) groups excluding carboxylic acids is 2. The standard InChI is InChI=1S/C30H35NO7S/c1-5-36-28(32)22-37-25-13-17-27(18-14-25)39(34,35)26-15-11-23(12-16-26)19-20-31(29(33)38-30(2,3)4)21-24-9-7-6-8-10-24/h6-18H,5,19-22H2,1-4H3. The van der Waals surface area contributed by atoms with Crippen LogP contribution >= 0.6 is 0 Å². The third kappa shape index (κ3) is 9.14. The normalized spacial score (nSPS) is 11.5. The number of benzene rings is 3. The highest BCUT2D eigenvalue weighted by atomic mass is 32.2. The first-order chi connectivity index (χ1) is 18.5. The van der Waals surface area contributed by atoms with E-state index in [2.05, 4.69) is 0 Å². The lowest BCUT2D eigenvalue weighted by molar-refractivity contribution is -0.145. The Morgan fingerprint density at radius 3 is 1.97 bits per heavy atom. The zero-order chi connectivity index (χ0) is 28.5. The molecule has 0 aliphatic heterocycles. The SMILES string of the molecule is CCOC(=O)COc1ccc(S(=O)(=O)c2ccc(CCN(Cc3ccccc3)C(=O)OC(C)(C)C)cc2)cc1. The molecular formula is C30H35NO7S. The van der Waals surface area contributed by atoms with Crippen molar-refractivity contribution in [2.45, 2.75) is 56.1 Å². The van der Waals surface area contributed by atoms with Crippen molar-refractivity contribution in [1.29, 1.82) is 0 Å². The van der Waals surface area contributed by atoms with E-state index in [4.69, 9.17) is 14.2 Å². The van der Waals surface area contributed by atoms with Gasteiger partial charge in [-0.2, -0.15) is 0 Å². The van der Waals surface area contributed by atoms with E-state index in [1.54, 1.807) is 36.1 Å². The number of nitrogens with zero attached hydrogens (tertiary/aromatic N) is 1. The Morgan fingerprint density at radius 1 is 0.821 bits per heavy atom. The molecule has 0 unspecified atom stereocenters. The molecule has 0 heterocycles. The minimum Gasteiger partial charge on any atom is -0.482 e. The zero-order valence-electron chi connectivity index (χ0n) is 22.8. The second-order valence-corrected chi connectivity index (χ2v) is 11.8. The molecule has 1 amide bonds. The van der Waals surface area contributed by atoms with Crippen molar-refractivity contribution in [3.63, 3.8) is 0 Å². The van der Waals surface area contributed by atoms with Crippen molar-refractivity contribution in [3.8, 4) is 5.75 Å². The third-order valence-electron chi connectivity index (χ3n) is 5.57. The fourth-order valence-corrected chi connectivity index (χ4v) is 4.92. The second kappa shape index (κ2) is 13.3. The monoisotopic (exact) mass is 553 g/mol. The molecule has 0 atom stereocenters. The van der Waals surface area contributed by atoms with E-state index in [0.29, 0.717) is 25.3 Å². The van der Waals surface area contributed by atoms with Crippen molar-refractivity contribution in [3.05, 3.63) is 90.0 Å². The summed E-state index contributed by atoms with van der Waals surface area (Å²) >= 11 is 0. The van der Waals surface area contributed by atoms with Crippen LogP contribution < -0.4 is 4.74 Å². The molecule has 0 saturated heterocycles. The number of esters is 1. The van der Waals surface area contributed by atoms with Gasteiger partial charge in [-0.15, -0.1) is 0 Å². The molecule has 0 bridgehead atoms. The van der Waals surface area contributed by atoms with E-state index in [9.17, 15) is 18.0 Å². The van der Waals surface area contributed by atoms with Gasteiger partial charge in [0.1, 0.15) is 11.4 Å². The first kappa shape index (κ1) is 29.7. The van der Waals surface area contributed by atoms with E-state index in [1.807, 2.05) is 51.1 Å². The van der Waals surface area contributed by atoms with E-state index >= 15 is 0 Å². The lowest BCUT2D eigenvalue weighted by Gasteiger charge is -2.27. The predicted octanol–water partition coefficient (Wildman–Crippen LogP) is 5.44. The molecule has 208 valence electrons. The number of amides is 1. The Labute approximate surface area is 230 Å². The number of hydrogen-bond acceptors (Lipinski definition) is 7. The van der Waals surface area contributed by atoms with Crippen LogP contribution in [0.4, 0.5) is 4.79 Å². The highest BCUT2D eigenvalue weighted by Gasteiger charge is 2.23. The minimum absolute atomic E-state index is 0.109. The van der Waals surface area contributed by atoms with Gasteiger partial charge >= 0.3 is 12.1 Å². The largest absolute Gasteiger partial charge is 0.482 e. The van der Waals surface area contributed by atoms with Crippen molar-refractivity contribution < 1.29 is 32.2 Å². The van der Waals surface area contributed by atoms with Crippen LogP contribution in [0.15, 0.2) is 88.7 Å². The molecule has 0 saturated carbocycles. The van der Waals surface area contributed by atoms with Gasteiger partial charge in [0.25, 0.3) is 0 Å². The Morgan fingerprint density at radius 2 is 1.41 bits per heavy atom. The molecule has 3 rings (SSSR count). The minimum atomic E-state index is -3.75. The van der Waals surface area contributed by atoms with E-state index < -0.39 is 27.5 Å². The summed E-state index contributed by atoms with van der Waals surface area (Å²) < 4.78 is 42.0. The summed E-state index contributed by atoms with van der Waals surface area (Å²) in [4.78, 5) is 26.2. The van der Waals surface area contributed by atoms with Gasteiger partial charge in [-0.3, -0.25) is 0 Å². The van der Waals surface area contributed by atoms with Gasteiger partial charge in [-0.25, -0.2) is 18.0 Å². The van der Waals surface area contributed by atoms with Gasteiger partial charge in [0.05, 0.1) is 16.4 Å². The molecule has 0 aliphatic carbocycles. The summed E-state index contributed by atoms with van der Waals surface area (Å²) in [7, 11) is -3.75. The molecular weight excluding hydrogens is 518 g/mol. The summed E-state index contributed by atoms with van der Waals surface area (Å²) in [6.45, 7) is 8.00. The van der Waals surface area contributed by atoms with Gasteiger partial charge in [0.2, 0.25) is 9.84 Å². The highest BCUT2D eigenvalue weighted by Crippen LogP contribution is 2.24. The van der Waals surface area contributed by atoms with Gasteiger partial charge < -0.3 is 19.1 Å². The van der Waals surface area contributed by atoms with Crippen molar-refractivity contribution >= 4 is 21.9 Å². The summed E-state index contributed by atoms with van der Waals surface area (Å²) in [6, 6.07) is 22.2. The molecule has 0 aliphatic rings.